The molecule has 3 nitrogen and oxygen atoms in total. The van der Waals surface area contributed by atoms with Crippen molar-refractivity contribution in [1.82, 2.24) is 10.6 Å². The zero-order chi connectivity index (χ0) is 16.7. The van der Waals surface area contributed by atoms with E-state index in [0.717, 1.165) is 18.1 Å². The molecule has 0 aromatic heterocycles. The molecular formula is C18H20F2N2O. The first-order chi connectivity index (χ1) is 11.1. The Morgan fingerprint density at radius 3 is 2.57 bits per heavy atom. The largest absolute Gasteiger partial charge is 0.355 e. The SMILES string of the molecule is C[C@H](NCC(=O)NCCc1ccccc1)c1ccc(F)cc1F. The van der Waals surface area contributed by atoms with Crippen molar-refractivity contribution in [3.63, 3.8) is 0 Å². The average Bonchev–Trinajstić information content (AvgIpc) is 2.53. The van der Waals surface area contributed by atoms with E-state index in [1.54, 1.807) is 6.92 Å². The number of nitrogens with one attached hydrogen (secondary N) is 2. The minimum atomic E-state index is -0.616. The van der Waals surface area contributed by atoms with E-state index in [9.17, 15) is 13.6 Å². The van der Waals surface area contributed by atoms with Crippen LogP contribution in [-0.2, 0) is 11.2 Å². The molecule has 0 saturated heterocycles. The molecule has 0 aliphatic carbocycles. The van der Waals surface area contributed by atoms with Crippen LogP contribution in [0.25, 0.3) is 0 Å². The van der Waals surface area contributed by atoms with Crippen LogP contribution < -0.4 is 10.6 Å². The lowest BCUT2D eigenvalue weighted by Gasteiger charge is -2.15. The maximum absolute atomic E-state index is 13.6. The van der Waals surface area contributed by atoms with Crippen molar-refractivity contribution in [2.45, 2.75) is 19.4 Å². The highest BCUT2D eigenvalue weighted by atomic mass is 19.1. The molecule has 0 bridgehead atoms. The molecule has 0 unspecified atom stereocenters. The second-order valence-electron chi connectivity index (χ2n) is 5.35. The third kappa shape index (κ3) is 5.45. The second kappa shape index (κ2) is 8.39. The lowest BCUT2D eigenvalue weighted by Crippen LogP contribution is -2.36. The average molecular weight is 318 g/mol. The Kier molecular flexibility index (Phi) is 6.23. The van der Waals surface area contributed by atoms with Gasteiger partial charge in [0.15, 0.2) is 0 Å². The molecule has 0 fully saturated rings. The van der Waals surface area contributed by atoms with Gasteiger partial charge in [-0.05, 0) is 25.0 Å². The summed E-state index contributed by atoms with van der Waals surface area (Å²) in [7, 11) is 0. The number of rotatable bonds is 7. The summed E-state index contributed by atoms with van der Waals surface area (Å²) in [6, 6.07) is 12.9. The van der Waals surface area contributed by atoms with Crippen molar-refractivity contribution in [2.24, 2.45) is 0 Å². The summed E-state index contributed by atoms with van der Waals surface area (Å²) >= 11 is 0. The van der Waals surface area contributed by atoms with Gasteiger partial charge in [0.1, 0.15) is 11.6 Å². The molecule has 2 aromatic rings. The highest BCUT2D eigenvalue weighted by molar-refractivity contribution is 5.78. The van der Waals surface area contributed by atoms with E-state index in [0.29, 0.717) is 12.1 Å². The second-order valence-corrected chi connectivity index (χ2v) is 5.35. The molecule has 0 heterocycles. The van der Waals surface area contributed by atoms with Gasteiger partial charge in [-0.3, -0.25) is 4.79 Å². The highest BCUT2D eigenvalue weighted by Gasteiger charge is 2.12. The lowest BCUT2D eigenvalue weighted by molar-refractivity contribution is -0.120. The lowest BCUT2D eigenvalue weighted by atomic mass is 10.1. The summed E-state index contributed by atoms with van der Waals surface area (Å²) < 4.78 is 26.5. The summed E-state index contributed by atoms with van der Waals surface area (Å²) in [4.78, 5) is 11.8. The normalized spacial score (nSPS) is 12.0. The predicted octanol–water partition coefficient (Wildman–Crippen LogP) is 2.97. The van der Waals surface area contributed by atoms with Crippen LogP contribution >= 0.6 is 0 Å². The van der Waals surface area contributed by atoms with Crippen LogP contribution in [0.4, 0.5) is 8.78 Å². The van der Waals surface area contributed by atoms with Crippen LogP contribution in [0.15, 0.2) is 48.5 Å². The Hall–Kier alpha value is -2.27. The summed E-state index contributed by atoms with van der Waals surface area (Å²) in [6.07, 6.45) is 0.759. The van der Waals surface area contributed by atoms with Gasteiger partial charge in [0.2, 0.25) is 5.91 Å². The molecule has 2 aromatic carbocycles. The standard InChI is InChI=1S/C18H20F2N2O/c1-13(16-8-7-15(19)11-17(16)20)22-12-18(23)21-10-9-14-5-3-2-4-6-14/h2-8,11,13,22H,9-10,12H2,1H3,(H,21,23)/t13-/m0/s1. The number of amides is 1. The van der Waals surface area contributed by atoms with Crippen molar-refractivity contribution in [1.29, 1.82) is 0 Å². The maximum atomic E-state index is 13.6. The van der Waals surface area contributed by atoms with Gasteiger partial charge in [-0.25, -0.2) is 8.78 Å². The van der Waals surface area contributed by atoms with Crippen LogP contribution in [0.3, 0.4) is 0 Å². The van der Waals surface area contributed by atoms with Crippen molar-refractivity contribution in [2.75, 3.05) is 13.1 Å². The number of halogens is 2. The Labute approximate surface area is 134 Å². The van der Waals surface area contributed by atoms with E-state index in [1.807, 2.05) is 30.3 Å². The summed E-state index contributed by atoms with van der Waals surface area (Å²) in [5.41, 5.74) is 1.49. The first kappa shape index (κ1) is 17.1. The predicted molar refractivity (Wildman–Crippen MR) is 85.9 cm³/mol. The molecule has 1 amide bonds. The fourth-order valence-corrected chi connectivity index (χ4v) is 2.26. The molecular weight excluding hydrogens is 298 g/mol. The maximum Gasteiger partial charge on any atom is 0.233 e. The Bertz CT molecular complexity index is 647. The zero-order valence-electron chi connectivity index (χ0n) is 13.0. The molecule has 2 rings (SSSR count). The Morgan fingerprint density at radius 1 is 1.13 bits per heavy atom. The fraction of sp³-hybridized carbons (Fsp3) is 0.278. The van der Waals surface area contributed by atoms with Crippen molar-refractivity contribution in [3.05, 3.63) is 71.3 Å². The Morgan fingerprint density at radius 2 is 1.87 bits per heavy atom. The molecule has 0 saturated carbocycles. The minimum Gasteiger partial charge on any atom is -0.355 e. The van der Waals surface area contributed by atoms with Crippen molar-refractivity contribution >= 4 is 5.91 Å². The number of hydrogen-bond acceptors (Lipinski definition) is 2. The topological polar surface area (TPSA) is 41.1 Å². The zero-order valence-corrected chi connectivity index (χ0v) is 13.0. The van der Waals surface area contributed by atoms with Crippen LogP contribution in [0.5, 0.6) is 0 Å². The van der Waals surface area contributed by atoms with E-state index in [4.69, 9.17) is 0 Å². The minimum absolute atomic E-state index is 0.0762. The monoisotopic (exact) mass is 318 g/mol. The third-order valence-electron chi connectivity index (χ3n) is 3.58. The first-order valence-corrected chi connectivity index (χ1v) is 7.55. The smallest absolute Gasteiger partial charge is 0.233 e. The van der Waals surface area contributed by atoms with Crippen LogP contribution in [0.2, 0.25) is 0 Å². The van der Waals surface area contributed by atoms with Crippen molar-refractivity contribution < 1.29 is 13.6 Å². The fourth-order valence-electron chi connectivity index (χ4n) is 2.26. The molecule has 1 atom stereocenters. The van der Waals surface area contributed by atoms with Gasteiger partial charge in [0, 0.05) is 24.2 Å². The van der Waals surface area contributed by atoms with Gasteiger partial charge >= 0.3 is 0 Å². The van der Waals surface area contributed by atoms with Crippen LogP contribution in [0, 0.1) is 11.6 Å². The van der Waals surface area contributed by atoms with Gasteiger partial charge in [-0.1, -0.05) is 36.4 Å². The molecule has 23 heavy (non-hydrogen) atoms. The van der Waals surface area contributed by atoms with Gasteiger partial charge in [-0.15, -0.1) is 0 Å². The van der Waals surface area contributed by atoms with Crippen LogP contribution in [-0.4, -0.2) is 19.0 Å². The van der Waals surface area contributed by atoms with Crippen molar-refractivity contribution in [3.8, 4) is 0 Å². The van der Waals surface area contributed by atoms with Gasteiger partial charge < -0.3 is 10.6 Å². The molecule has 0 spiro atoms. The van der Waals surface area contributed by atoms with Gasteiger partial charge in [-0.2, -0.15) is 0 Å². The summed E-state index contributed by atoms with van der Waals surface area (Å²) in [6.45, 7) is 2.35. The third-order valence-corrected chi connectivity index (χ3v) is 3.58. The number of carbonyl (C=O) groups is 1. The molecule has 0 radical (unpaired) electrons. The Balaban J connectivity index is 1.73. The van der Waals surface area contributed by atoms with E-state index in [2.05, 4.69) is 10.6 Å². The van der Waals surface area contributed by atoms with E-state index < -0.39 is 11.6 Å². The number of hydrogen-bond donors (Lipinski definition) is 2. The van der Waals surface area contributed by atoms with E-state index in [1.165, 1.54) is 12.1 Å². The highest BCUT2D eigenvalue weighted by Crippen LogP contribution is 2.17. The molecule has 122 valence electrons. The summed E-state index contributed by atoms with van der Waals surface area (Å²) in [5, 5.41) is 5.74. The molecule has 2 N–H and O–H groups in total. The number of benzene rings is 2. The van der Waals surface area contributed by atoms with E-state index >= 15 is 0 Å². The first-order valence-electron chi connectivity index (χ1n) is 7.55. The summed E-state index contributed by atoms with van der Waals surface area (Å²) in [5.74, 6) is -1.39. The van der Waals surface area contributed by atoms with Gasteiger partial charge in [0.25, 0.3) is 0 Å². The van der Waals surface area contributed by atoms with E-state index in [-0.39, 0.29) is 18.5 Å². The molecule has 0 aliphatic rings. The molecule has 0 aliphatic heterocycles. The van der Waals surface area contributed by atoms with Gasteiger partial charge in [0.05, 0.1) is 6.54 Å². The molecule has 5 heteroatoms. The number of carbonyl (C=O) groups excluding carboxylic acids is 1. The van der Waals surface area contributed by atoms with Crippen LogP contribution in [0.1, 0.15) is 24.1 Å². The quantitative estimate of drug-likeness (QED) is 0.824.